The Bertz CT molecular complexity index is 1780. The van der Waals surface area contributed by atoms with Crippen molar-refractivity contribution in [2.45, 2.75) is 19.3 Å². The molecule has 6 aromatic rings. The van der Waals surface area contributed by atoms with Gasteiger partial charge in [0.2, 0.25) is 5.91 Å². The van der Waals surface area contributed by atoms with Gasteiger partial charge in [0.05, 0.1) is 17.4 Å². The summed E-state index contributed by atoms with van der Waals surface area (Å²) in [5, 5.41) is 19.2. The molecule has 0 atom stereocenters. The van der Waals surface area contributed by atoms with Gasteiger partial charge in [-0.3, -0.25) is 14.9 Å². The van der Waals surface area contributed by atoms with Gasteiger partial charge in [-0.2, -0.15) is 16.4 Å². The molecule has 1 saturated heterocycles. The van der Waals surface area contributed by atoms with Crippen molar-refractivity contribution in [2.75, 3.05) is 18.4 Å². The van der Waals surface area contributed by atoms with Gasteiger partial charge in [0.15, 0.2) is 11.5 Å². The molecule has 9 nitrogen and oxygen atoms in total. The van der Waals surface area contributed by atoms with Gasteiger partial charge < -0.3 is 15.6 Å². The lowest BCUT2D eigenvalue weighted by molar-refractivity contribution is -0.117. The summed E-state index contributed by atoms with van der Waals surface area (Å²) in [5.41, 5.74) is 7.90. The normalized spacial score (nSPS) is 14.3. The SMILES string of the molecule is O=C(CC1CCNCC1)Nc1cncc(-c2ccc3[nH]nc(-c4nc5c(-c6ccsc6)ccnc5[nH]4)c3c2)c1. The van der Waals surface area contributed by atoms with Gasteiger partial charge in [0, 0.05) is 35.3 Å². The van der Waals surface area contributed by atoms with Crippen molar-refractivity contribution in [3.8, 4) is 33.8 Å². The summed E-state index contributed by atoms with van der Waals surface area (Å²) in [4.78, 5) is 29.8. The molecule has 0 unspecified atom stereocenters. The summed E-state index contributed by atoms with van der Waals surface area (Å²) >= 11 is 1.65. The molecule has 5 aromatic heterocycles. The highest BCUT2D eigenvalue weighted by molar-refractivity contribution is 7.08. The number of imidazole rings is 1. The predicted molar refractivity (Wildman–Crippen MR) is 154 cm³/mol. The molecule has 7 rings (SSSR count). The minimum Gasteiger partial charge on any atom is -0.325 e. The number of H-pyrrole nitrogens is 2. The summed E-state index contributed by atoms with van der Waals surface area (Å²) in [7, 11) is 0. The lowest BCUT2D eigenvalue weighted by Gasteiger charge is -2.21. The minimum atomic E-state index is 0.0359. The molecule has 0 aliphatic carbocycles. The van der Waals surface area contributed by atoms with Crippen LogP contribution in [0.1, 0.15) is 19.3 Å². The van der Waals surface area contributed by atoms with E-state index in [4.69, 9.17) is 4.98 Å². The minimum absolute atomic E-state index is 0.0359. The second-order valence-electron chi connectivity index (χ2n) is 9.89. The predicted octanol–water partition coefficient (Wildman–Crippen LogP) is 5.62. The molecule has 1 amide bonds. The number of amides is 1. The molecule has 0 spiro atoms. The van der Waals surface area contributed by atoms with E-state index in [-0.39, 0.29) is 5.91 Å². The van der Waals surface area contributed by atoms with Crippen LogP contribution in [-0.4, -0.2) is 49.1 Å². The molecule has 1 aliphatic heterocycles. The van der Waals surface area contributed by atoms with Gasteiger partial charge in [-0.05, 0) is 84.1 Å². The topological polar surface area (TPSA) is 124 Å². The number of rotatable bonds is 6. The summed E-state index contributed by atoms with van der Waals surface area (Å²) in [6.07, 6.45) is 7.91. The Balaban J connectivity index is 1.19. The van der Waals surface area contributed by atoms with Crippen molar-refractivity contribution < 1.29 is 4.79 Å². The number of thiophene rings is 1. The second kappa shape index (κ2) is 10.0. The smallest absolute Gasteiger partial charge is 0.224 e. The number of anilines is 1. The van der Waals surface area contributed by atoms with Gasteiger partial charge >= 0.3 is 0 Å². The highest BCUT2D eigenvalue weighted by Gasteiger charge is 2.18. The van der Waals surface area contributed by atoms with E-state index in [1.165, 1.54) is 0 Å². The first-order valence-corrected chi connectivity index (χ1v) is 14.0. The van der Waals surface area contributed by atoms with E-state index in [0.717, 1.165) is 75.9 Å². The molecular weight excluding hydrogens is 508 g/mol. The largest absolute Gasteiger partial charge is 0.325 e. The monoisotopic (exact) mass is 534 g/mol. The van der Waals surface area contributed by atoms with E-state index in [9.17, 15) is 4.79 Å². The standard InChI is InChI=1S/C29H26N8OS/c38-25(11-17-3-7-30-8-4-17)33-21-12-20(14-31-15-21)18-1-2-24-23(13-18)27(37-36-24)29-34-26-22(19-6-10-39-16-19)5-9-32-28(26)35-29/h1-2,5-6,9-10,12-17,30H,3-4,7-8,11H2,(H,33,38)(H,36,37)(H,32,34,35). The lowest BCUT2D eigenvalue weighted by Crippen LogP contribution is -2.30. The molecule has 10 heteroatoms. The molecule has 39 heavy (non-hydrogen) atoms. The number of hydrogen-bond acceptors (Lipinski definition) is 7. The third-order valence-corrected chi connectivity index (χ3v) is 7.98. The fourth-order valence-corrected chi connectivity index (χ4v) is 5.93. The van der Waals surface area contributed by atoms with E-state index < -0.39 is 0 Å². The molecular formula is C29H26N8OS. The number of carbonyl (C=O) groups is 1. The van der Waals surface area contributed by atoms with Gasteiger partial charge in [-0.1, -0.05) is 6.07 Å². The van der Waals surface area contributed by atoms with E-state index in [0.29, 0.717) is 23.9 Å². The zero-order chi connectivity index (χ0) is 26.2. The zero-order valence-corrected chi connectivity index (χ0v) is 21.9. The number of nitrogens with zero attached hydrogens (tertiary/aromatic N) is 4. The van der Waals surface area contributed by atoms with Crippen LogP contribution in [0, 0.1) is 5.92 Å². The van der Waals surface area contributed by atoms with E-state index in [2.05, 4.69) is 58.7 Å². The highest BCUT2D eigenvalue weighted by Crippen LogP contribution is 2.33. The number of carbonyl (C=O) groups excluding carboxylic acids is 1. The van der Waals surface area contributed by atoms with E-state index in [1.54, 1.807) is 23.7 Å². The van der Waals surface area contributed by atoms with Crippen LogP contribution in [0.4, 0.5) is 5.69 Å². The fourth-order valence-electron chi connectivity index (χ4n) is 5.27. The van der Waals surface area contributed by atoms with Crippen molar-refractivity contribution in [2.24, 2.45) is 5.92 Å². The van der Waals surface area contributed by atoms with Crippen LogP contribution in [0.5, 0.6) is 0 Å². The van der Waals surface area contributed by atoms with Crippen molar-refractivity contribution in [1.82, 2.24) is 35.5 Å². The highest BCUT2D eigenvalue weighted by atomic mass is 32.1. The third-order valence-electron chi connectivity index (χ3n) is 7.29. The Morgan fingerprint density at radius 3 is 2.85 bits per heavy atom. The quantitative estimate of drug-likeness (QED) is 0.220. The van der Waals surface area contributed by atoms with Crippen molar-refractivity contribution >= 4 is 45.0 Å². The first-order chi connectivity index (χ1) is 19.2. The van der Waals surface area contributed by atoms with Crippen LogP contribution in [0.2, 0.25) is 0 Å². The summed E-state index contributed by atoms with van der Waals surface area (Å²) in [6.45, 7) is 1.96. The molecule has 4 N–H and O–H groups in total. The van der Waals surface area contributed by atoms with Crippen LogP contribution in [0.3, 0.4) is 0 Å². The van der Waals surface area contributed by atoms with Gasteiger partial charge in [-0.15, -0.1) is 0 Å². The first-order valence-electron chi connectivity index (χ1n) is 13.0. The molecule has 6 heterocycles. The van der Waals surface area contributed by atoms with Crippen LogP contribution in [-0.2, 0) is 4.79 Å². The molecule has 1 aliphatic rings. The maximum absolute atomic E-state index is 12.7. The van der Waals surface area contributed by atoms with E-state index in [1.807, 2.05) is 30.5 Å². The maximum atomic E-state index is 12.7. The number of pyridine rings is 2. The Morgan fingerprint density at radius 1 is 1.05 bits per heavy atom. The average Bonchev–Trinajstić information content (AvgIpc) is 3.73. The van der Waals surface area contributed by atoms with Crippen molar-refractivity contribution in [1.29, 1.82) is 0 Å². The summed E-state index contributed by atoms with van der Waals surface area (Å²) < 4.78 is 0. The van der Waals surface area contributed by atoms with Crippen LogP contribution >= 0.6 is 11.3 Å². The summed E-state index contributed by atoms with van der Waals surface area (Å²) in [6, 6.07) is 12.1. The second-order valence-corrected chi connectivity index (χ2v) is 10.7. The van der Waals surface area contributed by atoms with Gasteiger partial charge in [0.1, 0.15) is 11.2 Å². The number of hydrogen-bond donors (Lipinski definition) is 4. The maximum Gasteiger partial charge on any atom is 0.224 e. The first kappa shape index (κ1) is 23.7. The van der Waals surface area contributed by atoms with Crippen molar-refractivity contribution in [3.63, 3.8) is 0 Å². The Kier molecular flexibility index (Phi) is 6.10. The number of aromatic nitrogens is 6. The molecule has 194 valence electrons. The number of fused-ring (bicyclic) bond motifs is 2. The summed E-state index contributed by atoms with van der Waals surface area (Å²) in [5.74, 6) is 1.12. The molecule has 1 aromatic carbocycles. The fraction of sp³-hybridized carbons (Fsp3) is 0.207. The lowest BCUT2D eigenvalue weighted by atomic mass is 9.94. The molecule has 1 fully saturated rings. The Morgan fingerprint density at radius 2 is 1.97 bits per heavy atom. The molecule has 0 bridgehead atoms. The number of benzene rings is 1. The number of piperidine rings is 1. The van der Waals surface area contributed by atoms with Gasteiger partial charge in [-0.25, -0.2) is 9.97 Å². The zero-order valence-electron chi connectivity index (χ0n) is 21.1. The Labute approximate surface area is 228 Å². The van der Waals surface area contributed by atoms with Gasteiger partial charge in [0.25, 0.3) is 0 Å². The Hall–Kier alpha value is -4.41. The number of nitrogens with one attached hydrogen (secondary N) is 4. The third kappa shape index (κ3) is 4.68. The average molecular weight is 535 g/mol. The number of aromatic amines is 2. The molecule has 0 saturated carbocycles. The van der Waals surface area contributed by atoms with Crippen LogP contribution < -0.4 is 10.6 Å². The van der Waals surface area contributed by atoms with Crippen molar-refractivity contribution in [3.05, 3.63) is 65.7 Å². The van der Waals surface area contributed by atoms with Crippen LogP contribution in [0.25, 0.3) is 55.8 Å². The van der Waals surface area contributed by atoms with E-state index >= 15 is 0 Å². The van der Waals surface area contributed by atoms with Crippen LogP contribution in [0.15, 0.2) is 65.7 Å². The molecule has 0 radical (unpaired) electrons.